The maximum absolute atomic E-state index is 12.2. The highest BCUT2D eigenvalue weighted by molar-refractivity contribution is 9.11. The molecular formula is C13H12Br2N2O4S. The average Bonchev–Trinajstić information content (AvgIpc) is 2.97. The van der Waals surface area contributed by atoms with Crippen molar-refractivity contribution in [2.24, 2.45) is 0 Å². The van der Waals surface area contributed by atoms with Crippen LogP contribution in [0.25, 0.3) is 0 Å². The molecule has 0 fully saturated rings. The van der Waals surface area contributed by atoms with Gasteiger partial charge in [0.2, 0.25) is 10.0 Å². The van der Waals surface area contributed by atoms with Crippen LogP contribution >= 0.6 is 31.9 Å². The van der Waals surface area contributed by atoms with Gasteiger partial charge in [-0.15, -0.1) is 0 Å². The number of amides is 1. The van der Waals surface area contributed by atoms with Crippen molar-refractivity contribution < 1.29 is 17.6 Å². The first kappa shape index (κ1) is 17.2. The van der Waals surface area contributed by atoms with Crippen molar-refractivity contribution in [1.29, 1.82) is 0 Å². The van der Waals surface area contributed by atoms with Gasteiger partial charge in [0.15, 0.2) is 5.76 Å². The molecule has 2 aromatic rings. The normalized spacial score (nSPS) is 11.4. The highest BCUT2D eigenvalue weighted by atomic mass is 79.9. The molecule has 22 heavy (non-hydrogen) atoms. The van der Waals surface area contributed by atoms with Crippen LogP contribution in [0, 0.1) is 0 Å². The lowest BCUT2D eigenvalue weighted by molar-refractivity contribution is 0.0926. The number of carbonyl (C=O) groups excluding carboxylic acids is 1. The van der Waals surface area contributed by atoms with Crippen LogP contribution in [0.15, 0.2) is 54.9 Å². The van der Waals surface area contributed by atoms with E-state index in [0.29, 0.717) is 4.47 Å². The molecule has 9 heteroatoms. The number of benzene rings is 1. The third kappa shape index (κ3) is 4.42. The first-order chi connectivity index (χ1) is 10.4. The van der Waals surface area contributed by atoms with Gasteiger partial charge in [-0.3, -0.25) is 4.79 Å². The Bertz CT molecular complexity index is 760. The van der Waals surface area contributed by atoms with Gasteiger partial charge in [0, 0.05) is 22.0 Å². The van der Waals surface area contributed by atoms with E-state index in [2.05, 4.69) is 41.9 Å². The summed E-state index contributed by atoms with van der Waals surface area (Å²) in [6.45, 7) is 0.212. The van der Waals surface area contributed by atoms with Crippen molar-refractivity contribution >= 4 is 47.8 Å². The van der Waals surface area contributed by atoms with E-state index in [-0.39, 0.29) is 23.7 Å². The zero-order valence-electron chi connectivity index (χ0n) is 11.2. The second-order valence-corrected chi connectivity index (χ2v) is 7.71. The lowest BCUT2D eigenvalue weighted by Crippen LogP contribution is -2.34. The predicted molar refractivity (Wildman–Crippen MR) is 88.1 cm³/mol. The van der Waals surface area contributed by atoms with E-state index in [9.17, 15) is 13.2 Å². The van der Waals surface area contributed by atoms with Crippen LogP contribution in [0.1, 0.15) is 10.6 Å². The van der Waals surface area contributed by atoms with E-state index in [1.54, 1.807) is 18.2 Å². The number of halogens is 2. The molecule has 0 unspecified atom stereocenters. The Morgan fingerprint density at radius 2 is 1.95 bits per heavy atom. The lowest BCUT2D eigenvalue weighted by atomic mass is 10.4. The van der Waals surface area contributed by atoms with Gasteiger partial charge < -0.3 is 9.73 Å². The molecule has 1 aromatic carbocycles. The molecule has 0 aliphatic rings. The van der Waals surface area contributed by atoms with Crippen LogP contribution in [0.2, 0.25) is 0 Å². The molecule has 2 rings (SSSR count). The van der Waals surface area contributed by atoms with Gasteiger partial charge >= 0.3 is 0 Å². The van der Waals surface area contributed by atoms with Crippen LogP contribution in [0.4, 0.5) is 0 Å². The number of furan rings is 1. The molecule has 6 nitrogen and oxygen atoms in total. The van der Waals surface area contributed by atoms with Gasteiger partial charge in [0.25, 0.3) is 5.91 Å². The van der Waals surface area contributed by atoms with Crippen molar-refractivity contribution in [3.8, 4) is 0 Å². The van der Waals surface area contributed by atoms with E-state index >= 15 is 0 Å². The third-order valence-electron chi connectivity index (χ3n) is 2.63. The molecule has 2 N–H and O–H groups in total. The van der Waals surface area contributed by atoms with Gasteiger partial charge in [-0.25, -0.2) is 13.1 Å². The minimum absolute atomic E-state index is 0.0668. The number of nitrogens with one attached hydrogen (secondary N) is 2. The van der Waals surface area contributed by atoms with Crippen molar-refractivity contribution in [3.05, 3.63) is 51.3 Å². The summed E-state index contributed by atoms with van der Waals surface area (Å²) in [4.78, 5) is 11.7. The Hall–Kier alpha value is -1.16. The average molecular weight is 452 g/mol. The Balaban J connectivity index is 1.89. The molecule has 0 aliphatic carbocycles. The topological polar surface area (TPSA) is 88.4 Å². The third-order valence-corrected chi connectivity index (χ3v) is 5.56. The highest BCUT2D eigenvalue weighted by Gasteiger charge is 2.17. The maximum atomic E-state index is 12.2. The largest absolute Gasteiger partial charge is 0.459 e. The molecule has 1 amide bonds. The minimum atomic E-state index is -3.65. The first-order valence-corrected chi connectivity index (χ1v) is 9.23. The number of hydrogen-bond donors (Lipinski definition) is 2. The van der Waals surface area contributed by atoms with Gasteiger partial charge in [-0.2, -0.15) is 0 Å². The summed E-state index contributed by atoms with van der Waals surface area (Å²) in [7, 11) is -3.65. The van der Waals surface area contributed by atoms with Gasteiger partial charge in [-0.1, -0.05) is 15.9 Å². The summed E-state index contributed by atoms with van der Waals surface area (Å²) in [5.41, 5.74) is 0. The van der Waals surface area contributed by atoms with Crippen LogP contribution in [-0.4, -0.2) is 27.4 Å². The molecule has 0 spiro atoms. The van der Waals surface area contributed by atoms with E-state index < -0.39 is 15.9 Å². The predicted octanol–water partition coefficient (Wildman–Crippen LogP) is 2.51. The van der Waals surface area contributed by atoms with Crippen molar-refractivity contribution in [3.63, 3.8) is 0 Å². The minimum Gasteiger partial charge on any atom is -0.459 e. The lowest BCUT2D eigenvalue weighted by Gasteiger charge is -2.09. The molecule has 0 saturated heterocycles. The molecule has 1 heterocycles. The van der Waals surface area contributed by atoms with Crippen molar-refractivity contribution in [2.75, 3.05) is 13.1 Å². The van der Waals surface area contributed by atoms with Crippen LogP contribution in [0.3, 0.4) is 0 Å². The maximum Gasteiger partial charge on any atom is 0.287 e. The van der Waals surface area contributed by atoms with E-state index in [0.717, 1.165) is 4.47 Å². The van der Waals surface area contributed by atoms with Crippen LogP contribution in [-0.2, 0) is 10.0 Å². The summed E-state index contributed by atoms with van der Waals surface area (Å²) in [6.07, 6.45) is 1.39. The summed E-state index contributed by atoms with van der Waals surface area (Å²) in [5, 5.41) is 2.55. The van der Waals surface area contributed by atoms with Crippen LogP contribution < -0.4 is 10.0 Å². The molecule has 0 bridgehead atoms. The Labute approximate surface area is 144 Å². The fourth-order valence-corrected chi connectivity index (χ4v) is 4.40. The van der Waals surface area contributed by atoms with Gasteiger partial charge in [-0.05, 0) is 46.3 Å². The molecule has 0 saturated carbocycles. The van der Waals surface area contributed by atoms with Crippen molar-refractivity contribution in [1.82, 2.24) is 10.0 Å². The molecule has 0 radical (unpaired) electrons. The Kier molecular flexibility index (Phi) is 5.79. The Morgan fingerprint density at radius 1 is 1.18 bits per heavy atom. The number of carbonyl (C=O) groups is 1. The molecule has 118 valence electrons. The first-order valence-electron chi connectivity index (χ1n) is 6.16. The monoisotopic (exact) mass is 450 g/mol. The fraction of sp³-hybridized carbons (Fsp3) is 0.154. The van der Waals surface area contributed by atoms with Crippen molar-refractivity contribution in [2.45, 2.75) is 4.90 Å². The molecule has 1 aromatic heterocycles. The molecular weight excluding hydrogens is 440 g/mol. The summed E-state index contributed by atoms with van der Waals surface area (Å²) in [5.74, 6) is -0.215. The zero-order valence-corrected chi connectivity index (χ0v) is 15.2. The quantitative estimate of drug-likeness (QED) is 0.660. The summed E-state index contributed by atoms with van der Waals surface area (Å²) in [6, 6.07) is 7.89. The Morgan fingerprint density at radius 3 is 2.59 bits per heavy atom. The highest BCUT2D eigenvalue weighted by Crippen LogP contribution is 2.25. The number of rotatable bonds is 6. The van der Waals surface area contributed by atoms with E-state index in [1.807, 2.05) is 0 Å². The molecule has 0 atom stereocenters. The van der Waals surface area contributed by atoms with E-state index in [1.165, 1.54) is 18.4 Å². The SMILES string of the molecule is O=C(NCCNS(=O)(=O)c1ccc(Br)cc1Br)c1ccco1. The smallest absolute Gasteiger partial charge is 0.287 e. The zero-order chi connectivity index (χ0) is 16.2. The van der Waals surface area contributed by atoms with Gasteiger partial charge in [0.05, 0.1) is 11.2 Å². The fourth-order valence-electron chi connectivity index (χ4n) is 1.63. The number of sulfonamides is 1. The second kappa shape index (κ2) is 7.40. The second-order valence-electron chi connectivity index (χ2n) is 4.21. The van der Waals surface area contributed by atoms with Gasteiger partial charge in [0.1, 0.15) is 0 Å². The van der Waals surface area contributed by atoms with Crippen LogP contribution in [0.5, 0.6) is 0 Å². The van der Waals surface area contributed by atoms with E-state index in [4.69, 9.17) is 4.42 Å². The molecule has 0 aliphatic heterocycles. The summed E-state index contributed by atoms with van der Waals surface area (Å²) < 4.78 is 32.9. The summed E-state index contributed by atoms with van der Waals surface area (Å²) >= 11 is 6.47. The number of hydrogen-bond acceptors (Lipinski definition) is 4. The standard InChI is InChI=1S/C13H12Br2N2O4S/c14-9-3-4-12(10(15)8-9)22(19,20)17-6-5-16-13(18)11-2-1-7-21-11/h1-4,7-8,17H,5-6H2,(H,16,18).